The van der Waals surface area contributed by atoms with Crippen LogP contribution >= 0.6 is 0 Å². The summed E-state index contributed by atoms with van der Waals surface area (Å²) in [7, 11) is 3.67. The van der Waals surface area contributed by atoms with E-state index in [1.54, 1.807) is 11.0 Å². The molecule has 134 valence electrons. The van der Waals surface area contributed by atoms with Gasteiger partial charge in [0.2, 0.25) is 5.95 Å². The van der Waals surface area contributed by atoms with Crippen molar-refractivity contribution in [1.29, 1.82) is 0 Å². The van der Waals surface area contributed by atoms with Crippen molar-refractivity contribution in [3.05, 3.63) is 57.5 Å². The molecule has 7 heteroatoms. The minimum Gasteiger partial charge on any atom is -0.348 e. The van der Waals surface area contributed by atoms with Gasteiger partial charge in [0.15, 0.2) is 0 Å². The number of nitrogens with one attached hydrogen (secondary N) is 1. The van der Waals surface area contributed by atoms with Crippen molar-refractivity contribution in [3.8, 4) is 0 Å². The number of hydrogen-bond acceptors (Lipinski definition) is 4. The highest BCUT2D eigenvalue weighted by molar-refractivity contribution is 5.28. The highest BCUT2D eigenvalue weighted by Gasteiger charge is 2.23. The number of H-pyrrole nitrogens is 1. The van der Waals surface area contributed by atoms with Crippen molar-refractivity contribution < 1.29 is 8.78 Å². The normalized spacial score (nSPS) is 16.2. The molecule has 3 rings (SSSR count). The van der Waals surface area contributed by atoms with Crippen LogP contribution in [0.1, 0.15) is 30.0 Å². The lowest BCUT2D eigenvalue weighted by Gasteiger charge is -2.32. The van der Waals surface area contributed by atoms with Gasteiger partial charge in [-0.15, -0.1) is 0 Å². The number of nitrogens with zero attached hydrogens (tertiary/aromatic N) is 3. The fourth-order valence-electron chi connectivity index (χ4n) is 3.16. The smallest absolute Gasteiger partial charge is 0.252 e. The van der Waals surface area contributed by atoms with Crippen molar-refractivity contribution in [2.45, 2.75) is 25.3 Å². The summed E-state index contributed by atoms with van der Waals surface area (Å²) in [4.78, 5) is 23.0. The second-order valence-electron chi connectivity index (χ2n) is 6.67. The summed E-state index contributed by atoms with van der Waals surface area (Å²) in [6.45, 7) is 2.03. The molecule has 1 aliphatic heterocycles. The van der Waals surface area contributed by atoms with E-state index < -0.39 is 11.6 Å². The molecule has 5 nitrogen and oxygen atoms in total. The first kappa shape index (κ1) is 17.5. The Balaban J connectivity index is 1.65. The van der Waals surface area contributed by atoms with Crippen LogP contribution in [0.15, 0.2) is 29.1 Å². The first-order valence-corrected chi connectivity index (χ1v) is 8.37. The maximum Gasteiger partial charge on any atom is 0.252 e. The predicted molar refractivity (Wildman–Crippen MR) is 92.8 cm³/mol. The van der Waals surface area contributed by atoms with Crippen LogP contribution in [-0.2, 0) is 6.54 Å². The van der Waals surface area contributed by atoms with Crippen LogP contribution in [0.3, 0.4) is 0 Å². The molecule has 25 heavy (non-hydrogen) atoms. The molecule has 2 aromatic rings. The van der Waals surface area contributed by atoms with E-state index in [0.29, 0.717) is 18.1 Å². The van der Waals surface area contributed by atoms with E-state index in [2.05, 4.69) is 14.9 Å². The molecular weight excluding hydrogens is 326 g/mol. The summed E-state index contributed by atoms with van der Waals surface area (Å²) in [5.41, 5.74) is 1.16. The van der Waals surface area contributed by atoms with Crippen LogP contribution < -0.4 is 10.5 Å². The quantitative estimate of drug-likeness (QED) is 0.922. The van der Waals surface area contributed by atoms with Gasteiger partial charge in [-0.25, -0.2) is 13.8 Å². The molecule has 1 N–H and O–H groups in total. The van der Waals surface area contributed by atoms with Gasteiger partial charge in [0, 0.05) is 44.3 Å². The van der Waals surface area contributed by atoms with Crippen molar-refractivity contribution in [2.24, 2.45) is 0 Å². The maximum absolute atomic E-state index is 13.8. The van der Waals surface area contributed by atoms with Gasteiger partial charge in [0.1, 0.15) is 11.6 Å². The monoisotopic (exact) mass is 348 g/mol. The first-order chi connectivity index (χ1) is 11.9. The number of rotatable bonds is 4. The number of likely N-dealkylation sites (tertiary alicyclic amines) is 1. The molecule has 1 aromatic carbocycles. The lowest BCUT2D eigenvalue weighted by atomic mass is 9.93. The fourth-order valence-corrected chi connectivity index (χ4v) is 3.16. The first-order valence-electron chi connectivity index (χ1n) is 8.37. The molecule has 0 atom stereocenters. The fraction of sp³-hybridized carbons (Fsp3) is 0.444. The van der Waals surface area contributed by atoms with Gasteiger partial charge in [-0.05, 0) is 32.0 Å². The molecule has 2 heterocycles. The zero-order valence-corrected chi connectivity index (χ0v) is 14.4. The summed E-state index contributed by atoms with van der Waals surface area (Å²) in [5, 5.41) is 0. The Labute approximate surface area is 145 Å². The Morgan fingerprint density at radius 1 is 1.24 bits per heavy atom. The summed E-state index contributed by atoms with van der Waals surface area (Å²) < 4.78 is 26.8. The third kappa shape index (κ3) is 4.22. The summed E-state index contributed by atoms with van der Waals surface area (Å²) in [6.07, 6.45) is 1.71. The Hall–Kier alpha value is -2.28. The number of aromatic nitrogens is 2. The van der Waals surface area contributed by atoms with E-state index in [0.717, 1.165) is 37.7 Å². The summed E-state index contributed by atoms with van der Waals surface area (Å²) >= 11 is 0. The standard InChI is InChI=1S/C18H22F2N4O/c1-23(2)18-21-16(10-17(25)22-18)12-5-7-24(8-6-12)11-13-3-4-14(19)9-15(13)20/h3-4,9-10,12H,5-8,11H2,1-2H3,(H,21,22,25). The highest BCUT2D eigenvalue weighted by Crippen LogP contribution is 2.27. The number of hydrogen-bond donors (Lipinski definition) is 1. The predicted octanol–water partition coefficient (Wildman–Crippen LogP) is 2.49. The van der Waals surface area contributed by atoms with Crippen molar-refractivity contribution >= 4 is 5.95 Å². The van der Waals surface area contributed by atoms with Gasteiger partial charge in [-0.2, -0.15) is 0 Å². The van der Waals surface area contributed by atoms with Crippen LogP contribution in [-0.4, -0.2) is 42.1 Å². The van der Waals surface area contributed by atoms with Crippen LogP contribution in [0.2, 0.25) is 0 Å². The van der Waals surface area contributed by atoms with E-state index in [1.165, 1.54) is 12.1 Å². The average Bonchev–Trinajstić information content (AvgIpc) is 2.57. The Bertz CT molecular complexity index is 798. The van der Waals surface area contributed by atoms with Gasteiger partial charge in [0.05, 0.1) is 5.69 Å². The van der Waals surface area contributed by atoms with Crippen LogP contribution in [0.4, 0.5) is 14.7 Å². The molecule has 0 bridgehead atoms. The van der Waals surface area contributed by atoms with Crippen molar-refractivity contribution in [2.75, 3.05) is 32.1 Å². The molecule has 0 radical (unpaired) electrons. The topological polar surface area (TPSA) is 52.2 Å². The number of piperidine rings is 1. The average molecular weight is 348 g/mol. The molecule has 0 amide bonds. The Morgan fingerprint density at radius 2 is 1.96 bits per heavy atom. The Kier molecular flexibility index (Phi) is 5.13. The lowest BCUT2D eigenvalue weighted by Crippen LogP contribution is -2.33. The zero-order chi connectivity index (χ0) is 18.0. The van der Waals surface area contributed by atoms with Crippen molar-refractivity contribution in [1.82, 2.24) is 14.9 Å². The second-order valence-corrected chi connectivity index (χ2v) is 6.67. The molecule has 0 aliphatic carbocycles. The largest absolute Gasteiger partial charge is 0.348 e. The minimum atomic E-state index is -0.558. The number of benzene rings is 1. The number of aromatic amines is 1. The van der Waals surface area contributed by atoms with Gasteiger partial charge in [-0.3, -0.25) is 14.7 Å². The molecule has 0 unspecified atom stereocenters. The van der Waals surface area contributed by atoms with E-state index >= 15 is 0 Å². The number of halogens is 2. The van der Waals surface area contributed by atoms with Gasteiger partial charge >= 0.3 is 0 Å². The van der Waals surface area contributed by atoms with E-state index in [1.807, 2.05) is 14.1 Å². The van der Waals surface area contributed by atoms with Crippen molar-refractivity contribution in [3.63, 3.8) is 0 Å². The van der Waals surface area contributed by atoms with E-state index in [4.69, 9.17) is 0 Å². The summed E-state index contributed by atoms with van der Waals surface area (Å²) in [6, 6.07) is 5.27. The van der Waals surface area contributed by atoms with Gasteiger partial charge in [-0.1, -0.05) is 6.07 Å². The molecule has 1 aromatic heterocycles. The molecule has 0 saturated carbocycles. The van der Waals surface area contributed by atoms with Crippen LogP contribution in [0.5, 0.6) is 0 Å². The summed E-state index contributed by atoms with van der Waals surface area (Å²) in [5.74, 6) is -0.292. The number of anilines is 1. The second kappa shape index (κ2) is 7.31. The van der Waals surface area contributed by atoms with Crippen LogP contribution in [0, 0.1) is 11.6 Å². The van der Waals surface area contributed by atoms with Gasteiger partial charge < -0.3 is 4.90 Å². The SMILES string of the molecule is CN(C)c1nc(C2CCN(Cc3ccc(F)cc3F)CC2)cc(=O)[nH]1. The maximum atomic E-state index is 13.8. The molecule has 1 fully saturated rings. The molecule has 0 spiro atoms. The van der Waals surface area contributed by atoms with Gasteiger partial charge in [0.25, 0.3) is 5.56 Å². The molecule has 1 saturated heterocycles. The third-order valence-electron chi connectivity index (χ3n) is 4.59. The van der Waals surface area contributed by atoms with E-state index in [9.17, 15) is 13.6 Å². The zero-order valence-electron chi connectivity index (χ0n) is 14.4. The van der Waals surface area contributed by atoms with Crippen LogP contribution in [0.25, 0.3) is 0 Å². The molecular formula is C18H22F2N4O. The lowest BCUT2D eigenvalue weighted by molar-refractivity contribution is 0.201. The minimum absolute atomic E-state index is 0.149. The Morgan fingerprint density at radius 3 is 2.60 bits per heavy atom. The molecule has 1 aliphatic rings. The highest BCUT2D eigenvalue weighted by atomic mass is 19.1. The van der Waals surface area contributed by atoms with E-state index in [-0.39, 0.29) is 11.5 Å². The third-order valence-corrected chi connectivity index (χ3v) is 4.59.